The molecule has 0 aromatic heterocycles. The molecule has 1 heterocycles. The summed E-state index contributed by atoms with van der Waals surface area (Å²) in [5, 5.41) is 5.93. The van der Waals surface area contributed by atoms with Gasteiger partial charge in [0.25, 0.3) is 0 Å². The van der Waals surface area contributed by atoms with Gasteiger partial charge in [-0.15, -0.1) is 0 Å². The molecule has 2 rings (SSSR count). The van der Waals surface area contributed by atoms with Crippen molar-refractivity contribution in [2.45, 2.75) is 65.1 Å². The number of rotatable bonds is 5. The smallest absolute Gasteiger partial charge is 0.318 e. The lowest BCUT2D eigenvalue weighted by molar-refractivity contribution is -0.127. The minimum atomic E-state index is -0.298. The normalized spacial score (nSPS) is 21.4. The van der Waals surface area contributed by atoms with Gasteiger partial charge in [0.1, 0.15) is 5.82 Å². The van der Waals surface area contributed by atoms with E-state index in [1.165, 1.54) is 12.1 Å². The van der Waals surface area contributed by atoms with Crippen LogP contribution in [0, 0.1) is 11.7 Å². The molecule has 0 radical (unpaired) electrons. The van der Waals surface area contributed by atoms with Crippen molar-refractivity contribution >= 4 is 11.9 Å². The number of nitrogens with one attached hydrogen (secondary N) is 2. The van der Waals surface area contributed by atoms with Gasteiger partial charge in [0, 0.05) is 18.6 Å². The van der Waals surface area contributed by atoms with Crippen LogP contribution < -0.4 is 10.6 Å². The van der Waals surface area contributed by atoms with Crippen molar-refractivity contribution in [1.29, 1.82) is 0 Å². The minimum Gasteiger partial charge on any atom is -0.353 e. The average Bonchev–Trinajstić information content (AvgIpc) is 2.61. The largest absolute Gasteiger partial charge is 0.353 e. The number of amides is 3. The van der Waals surface area contributed by atoms with Crippen LogP contribution >= 0.6 is 0 Å². The Morgan fingerprint density at radius 2 is 1.81 bits per heavy atom. The van der Waals surface area contributed by atoms with Crippen molar-refractivity contribution in [2.24, 2.45) is 5.92 Å². The highest BCUT2D eigenvalue weighted by Gasteiger charge is 2.36. The fourth-order valence-electron chi connectivity index (χ4n) is 3.23. The van der Waals surface area contributed by atoms with Crippen LogP contribution in [0.3, 0.4) is 0 Å². The summed E-state index contributed by atoms with van der Waals surface area (Å²) in [7, 11) is 0. The quantitative estimate of drug-likeness (QED) is 0.839. The first-order valence-electron chi connectivity index (χ1n) is 9.44. The highest BCUT2D eigenvalue weighted by molar-refractivity contribution is 5.81. The molecule has 1 aliphatic rings. The lowest BCUT2D eigenvalue weighted by Crippen LogP contribution is -2.52. The number of hydrogen-bond acceptors (Lipinski definition) is 2. The predicted molar refractivity (Wildman–Crippen MR) is 100 cm³/mol. The number of carbonyl (C=O) groups excluding carboxylic acids is 2. The zero-order valence-corrected chi connectivity index (χ0v) is 16.1. The molecule has 3 amide bonds. The SMILES string of the molecule is CC[C@H](C)NC(=O)[C@@H]1CC[C@@H](c2ccc(F)cc2)N(C(=O)NC(C)C)C1. The van der Waals surface area contributed by atoms with Crippen LogP contribution in [-0.4, -0.2) is 35.5 Å². The standard InChI is InChI=1S/C20H30FN3O2/c1-5-14(4)23-19(25)16-8-11-18(15-6-9-17(21)10-7-15)24(12-16)20(26)22-13(2)3/h6-7,9-10,13-14,16,18H,5,8,11-12H2,1-4H3,(H,22,26)(H,23,25)/t14-,16+,18-/m0/s1. The van der Waals surface area contributed by atoms with Crippen molar-refractivity contribution in [3.05, 3.63) is 35.6 Å². The number of hydrogen-bond donors (Lipinski definition) is 2. The van der Waals surface area contributed by atoms with Gasteiger partial charge < -0.3 is 15.5 Å². The molecule has 3 atom stereocenters. The first kappa shape index (κ1) is 20.2. The molecule has 1 aromatic rings. The van der Waals surface area contributed by atoms with Crippen molar-refractivity contribution in [3.8, 4) is 0 Å². The highest BCUT2D eigenvalue weighted by atomic mass is 19.1. The van der Waals surface area contributed by atoms with Crippen molar-refractivity contribution in [1.82, 2.24) is 15.5 Å². The average molecular weight is 363 g/mol. The van der Waals surface area contributed by atoms with Gasteiger partial charge in [-0.3, -0.25) is 4.79 Å². The number of halogens is 1. The lowest BCUT2D eigenvalue weighted by Gasteiger charge is -2.40. The molecule has 144 valence electrons. The van der Waals surface area contributed by atoms with E-state index in [0.29, 0.717) is 19.4 Å². The Balaban J connectivity index is 2.18. The Morgan fingerprint density at radius 3 is 2.38 bits per heavy atom. The predicted octanol–water partition coefficient (Wildman–Crippen LogP) is 3.61. The third kappa shape index (κ3) is 5.19. The van der Waals surface area contributed by atoms with Crippen molar-refractivity contribution in [3.63, 3.8) is 0 Å². The van der Waals surface area contributed by atoms with Gasteiger partial charge in [-0.05, 0) is 57.7 Å². The van der Waals surface area contributed by atoms with E-state index in [2.05, 4.69) is 10.6 Å². The van der Waals surface area contributed by atoms with Crippen molar-refractivity contribution in [2.75, 3.05) is 6.54 Å². The number of nitrogens with zero attached hydrogens (tertiary/aromatic N) is 1. The molecule has 0 unspecified atom stereocenters. The zero-order valence-electron chi connectivity index (χ0n) is 16.1. The molecule has 1 aromatic carbocycles. The summed E-state index contributed by atoms with van der Waals surface area (Å²) in [6.07, 6.45) is 2.25. The summed E-state index contributed by atoms with van der Waals surface area (Å²) in [4.78, 5) is 27.0. The van der Waals surface area contributed by atoms with Crippen molar-refractivity contribution < 1.29 is 14.0 Å². The number of benzene rings is 1. The van der Waals surface area contributed by atoms with Crippen LogP contribution in [0.2, 0.25) is 0 Å². The molecule has 0 spiro atoms. The van der Waals surface area contributed by atoms with E-state index in [9.17, 15) is 14.0 Å². The Bertz CT molecular complexity index is 618. The first-order chi connectivity index (χ1) is 12.3. The van der Waals surface area contributed by atoms with Crippen LogP contribution in [0.25, 0.3) is 0 Å². The fraction of sp³-hybridized carbons (Fsp3) is 0.600. The molecule has 2 N–H and O–H groups in total. The molecule has 0 aliphatic carbocycles. The van der Waals surface area contributed by atoms with E-state index >= 15 is 0 Å². The van der Waals surface area contributed by atoms with Crippen LogP contribution in [0.1, 0.15) is 58.6 Å². The molecule has 5 nitrogen and oxygen atoms in total. The Labute approximate surface area is 155 Å². The molecule has 6 heteroatoms. The lowest BCUT2D eigenvalue weighted by atomic mass is 9.88. The minimum absolute atomic E-state index is 0.000692. The molecule has 0 bridgehead atoms. The fourth-order valence-corrected chi connectivity index (χ4v) is 3.23. The van der Waals surface area contributed by atoms with E-state index in [4.69, 9.17) is 0 Å². The summed E-state index contributed by atoms with van der Waals surface area (Å²) >= 11 is 0. The Morgan fingerprint density at radius 1 is 1.15 bits per heavy atom. The molecule has 1 aliphatic heterocycles. The Hall–Kier alpha value is -2.11. The summed E-state index contributed by atoms with van der Waals surface area (Å²) in [6, 6.07) is 6.05. The summed E-state index contributed by atoms with van der Waals surface area (Å²) in [5.41, 5.74) is 0.895. The van der Waals surface area contributed by atoms with E-state index in [1.807, 2.05) is 27.7 Å². The molecular formula is C20H30FN3O2. The monoisotopic (exact) mass is 363 g/mol. The summed E-state index contributed by atoms with van der Waals surface area (Å²) in [5.74, 6) is -0.522. The molecule has 1 fully saturated rings. The van der Waals surface area contributed by atoms with Gasteiger partial charge in [0.15, 0.2) is 0 Å². The number of carbonyl (C=O) groups is 2. The van der Waals surface area contributed by atoms with Crippen LogP contribution in [-0.2, 0) is 4.79 Å². The van der Waals surface area contributed by atoms with E-state index in [0.717, 1.165) is 12.0 Å². The van der Waals surface area contributed by atoms with Crippen LogP contribution in [0.15, 0.2) is 24.3 Å². The van der Waals surface area contributed by atoms with Gasteiger partial charge in [0.2, 0.25) is 5.91 Å². The third-order valence-corrected chi connectivity index (χ3v) is 4.88. The number of likely N-dealkylation sites (tertiary alicyclic amines) is 1. The highest BCUT2D eigenvalue weighted by Crippen LogP contribution is 2.33. The molecule has 1 saturated heterocycles. The third-order valence-electron chi connectivity index (χ3n) is 4.88. The maximum atomic E-state index is 13.3. The topological polar surface area (TPSA) is 61.4 Å². The van der Waals surface area contributed by atoms with E-state index in [1.54, 1.807) is 17.0 Å². The maximum absolute atomic E-state index is 13.3. The zero-order chi connectivity index (χ0) is 19.3. The van der Waals surface area contributed by atoms with Gasteiger partial charge >= 0.3 is 6.03 Å². The van der Waals surface area contributed by atoms with Gasteiger partial charge in [0.05, 0.1) is 12.0 Å². The first-order valence-corrected chi connectivity index (χ1v) is 9.44. The van der Waals surface area contributed by atoms with E-state index < -0.39 is 0 Å². The molecule has 26 heavy (non-hydrogen) atoms. The van der Waals surface area contributed by atoms with Gasteiger partial charge in [-0.1, -0.05) is 19.1 Å². The van der Waals surface area contributed by atoms with Gasteiger partial charge in [-0.2, -0.15) is 0 Å². The second-order valence-electron chi connectivity index (χ2n) is 7.42. The Kier molecular flexibility index (Phi) is 7.00. The van der Waals surface area contributed by atoms with Crippen LogP contribution in [0.4, 0.5) is 9.18 Å². The maximum Gasteiger partial charge on any atom is 0.318 e. The van der Waals surface area contributed by atoms with Crippen LogP contribution in [0.5, 0.6) is 0 Å². The number of piperidine rings is 1. The second kappa shape index (κ2) is 9.01. The summed E-state index contributed by atoms with van der Waals surface area (Å²) < 4.78 is 13.3. The number of urea groups is 1. The second-order valence-corrected chi connectivity index (χ2v) is 7.42. The molecule has 0 saturated carbocycles. The summed E-state index contributed by atoms with van der Waals surface area (Å²) in [6.45, 7) is 8.18. The van der Waals surface area contributed by atoms with Gasteiger partial charge in [-0.25, -0.2) is 9.18 Å². The van der Waals surface area contributed by atoms with E-state index in [-0.39, 0.29) is 41.8 Å². The molecular weight excluding hydrogens is 333 g/mol.